The van der Waals surface area contributed by atoms with Crippen molar-refractivity contribution in [1.29, 1.82) is 5.26 Å². The van der Waals surface area contributed by atoms with Crippen LogP contribution in [-0.2, 0) is 16.1 Å². The second-order valence-corrected chi connectivity index (χ2v) is 6.62. The Hall–Kier alpha value is -2.74. The Morgan fingerprint density at radius 3 is 2.56 bits per heavy atom. The third kappa shape index (κ3) is 4.00. The van der Waals surface area contributed by atoms with Crippen molar-refractivity contribution in [1.82, 2.24) is 4.57 Å². The van der Waals surface area contributed by atoms with Crippen molar-refractivity contribution < 1.29 is 9.53 Å². The number of para-hydroxylation sites is 1. The third-order valence-corrected chi connectivity index (χ3v) is 4.76. The van der Waals surface area contributed by atoms with E-state index in [1.54, 1.807) is 6.92 Å². The lowest BCUT2D eigenvalue weighted by Crippen LogP contribution is -2.06. The Morgan fingerprint density at radius 1 is 1.19 bits per heavy atom. The molecule has 27 heavy (non-hydrogen) atoms. The molecule has 0 saturated heterocycles. The van der Waals surface area contributed by atoms with E-state index >= 15 is 0 Å². The summed E-state index contributed by atoms with van der Waals surface area (Å²) in [6.45, 7) is 2.42. The maximum Gasteiger partial charge on any atom is 0.348 e. The number of ether oxygens (including phenoxy) is 1. The van der Waals surface area contributed by atoms with Gasteiger partial charge in [-0.25, -0.2) is 4.79 Å². The standard InChI is InChI=1S/C21H16Cl2N2O2/c1-2-27-21(26)15(12-24)11-18-17-5-3-4-6-19(17)25(20(18)23)13-14-7-9-16(22)10-8-14/h3-11H,2,13H2,1H3. The van der Waals surface area contributed by atoms with Gasteiger partial charge in [0.2, 0.25) is 0 Å². The number of fused-ring (bicyclic) bond motifs is 1. The molecule has 0 amide bonds. The van der Waals surface area contributed by atoms with Gasteiger partial charge in [-0.3, -0.25) is 0 Å². The average Bonchev–Trinajstić information content (AvgIpc) is 2.93. The van der Waals surface area contributed by atoms with E-state index in [1.165, 1.54) is 6.08 Å². The van der Waals surface area contributed by atoms with Crippen molar-refractivity contribution in [3.8, 4) is 6.07 Å². The fraction of sp³-hybridized carbons (Fsp3) is 0.143. The molecule has 6 heteroatoms. The van der Waals surface area contributed by atoms with Crippen molar-refractivity contribution in [3.63, 3.8) is 0 Å². The smallest absolute Gasteiger partial charge is 0.348 e. The third-order valence-electron chi connectivity index (χ3n) is 4.10. The number of esters is 1. The van der Waals surface area contributed by atoms with Gasteiger partial charge in [0.15, 0.2) is 0 Å². The number of carbonyl (C=O) groups is 1. The number of rotatable bonds is 5. The summed E-state index contributed by atoms with van der Waals surface area (Å²) in [5.41, 5.74) is 2.47. The topological polar surface area (TPSA) is 55.0 Å². The van der Waals surface area contributed by atoms with Gasteiger partial charge in [-0.05, 0) is 36.8 Å². The molecule has 0 spiro atoms. The van der Waals surface area contributed by atoms with Crippen molar-refractivity contribution in [2.24, 2.45) is 0 Å². The van der Waals surface area contributed by atoms with Crippen molar-refractivity contribution in [2.75, 3.05) is 6.61 Å². The molecule has 136 valence electrons. The summed E-state index contributed by atoms with van der Waals surface area (Å²) in [5.74, 6) is -0.661. The van der Waals surface area contributed by atoms with Crippen LogP contribution < -0.4 is 0 Å². The van der Waals surface area contributed by atoms with E-state index in [-0.39, 0.29) is 12.2 Å². The molecular formula is C21H16Cl2N2O2. The first-order chi connectivity index (χ1) is 13.0. The molecule has 1 aromatic heterocycles. The van der Waals surface area contributed by atoms with E-state index in [1.807, 2.05) is 59.2 Å². The van der Waals surface area contributed by atoms with E-state index in [4.69, 9.17) is 27.9 Å². The average molecular weight is 399 g/mol. The second kappa shape index (κ2) is 8.30. The van der Waals surface area contributed by atoms with E-state index in [9.17, 15) is 10.1 Å². The predicted octanol–water partition coefficient (Wildman–Crippen LogP) is 5.47. The summed E-state index contributed by atoms with van der Waals surface area (Å²) in [7, 11) is 0. The molecule has 4 nitrogen and oxygen atoms in total. The quantitative estimate of drug-likeness (QED) is 0.325. The fourth-order valence-corrected chi connectivity index (χ4v) is 3.29. The highest BCUT2D eigenvalue weighted by Crippen LogP contribution is 2.33. The van der Waals surface area contributed by atoms with Crippen LogP contribution in [0.5, 0.6) is 0 Å². The minimum atomic E-state index is -0.661. The maximum atomic E-state index is 12.0. The number of nitriles is 1. The molecule has 0 N–H and O–H groups in total. The zero-order chi connectivity index (χ0) is 19.4. The van der Waals surface area contributed by atoms with Gasteiger partial charge in [0.1, 0.15) is 16.8 Å². The van der Waals surface area contributed by atoms with Gasteiger partial charge in [-0.15, -0.1) is 0 Å². The monoisotopic (exact) mass is 398 g/mol. The van der Waals surface area contributed by atoms with Crippen molar-refractivity contribution in [3.05, 3.63) is 75.4 Å². The number of hydrogen-bond donors (Lipinski definition) is 0. The van der Waals surface area contributed by atoms with Crippen LogP contribution in [0.2, 0.25) is 10.2 Å². The molecule has 0 unspecified atom stereocenters. The Bertz CT molecular complexity index is 1060. The van der Waals surface area contributed by atoms with Gasteiger partial charge in [-0.1, -0.05) is 53.5 Å². The van der Waals surface area contributed by atoms with E-state index < -0.39 is 5.97 Å². The molecule has 0 atom stereocenters. The highest BCUT2D eigenvalue weighted by Gasteiger charge is 2.17. The summed E-state index contributed by atoms with van der Waals surface area (Å²) in [6, 6.07) is 17.1. The number of carbonyl (C=O) groups excluding carboxylic acids is 1. The first-order valence-electron chi connectivity index (χ1n) is 8.35. The Kier molecular flexibility index (Phi) is 5.85. The Morgan fingerprint density at radius 2 is 1.89 bits per heavy atom. The normalized spacial score (nSPS) is 11.4. The number of aromatic nitrogens is 1. The highest BCUT2D eigenvalue weighted by atomic mass is 35.5. The molecular weight excluding hydrogens is 383 g/mol. The number of hydrogen-bond acceptors (Lipinski definition) is 3. The number of nitrogens with zero attached hydrogens (tertiary/aromatic N) is 2. The summed E-state index contributed by atoms with van der Waals surface area (Å²) >= 11 is 12.6. The molecule has 0 saturated carbocycles. The van der Waals surface area contributed by atoms with Gasteiger partial charge in [0.05, 0.1) is 12.1 Å². The molecule has 3 rings (SSSR count). The Balaban J connectivity index is 2.12. The lowest BCUT2D eigenvalue weighted by molar-refractivity contribution is -0.137. The highest BCUT2D eigenvalue weighted by molar-refractivity contribution is 6.33. The largest absolute Gasteiger partial charge is 0.462 e. The van der Waals surface area contributed by atoms with Crippen LogP contribution in [0.3, 0.4) is 0 Å². The minimum Gasteiger partial charge on any atom is -0.462 e. The zero-order valence-electron chi connectivity index (χ0n) is 14.6. The van der Waals surface area contributed by atoms with Gasteiger partial charge >= 0.3 is 5.97 Å². The van der Waals surface area contributed by atoms with Crippen LogP contribution in [-0.4, -0.2) is 17.1 Å². The number of halogens is 2. The molecule has 3 aromatic rings. The van der Waals surface area contributed by atoms with E-state index in [0.717, 1.165) is 16.5 Å². The van der Waals surface area contributed by atoms with Crippen LogP contribution in [0, 0.1) is 11.3 Å². The van der Waals surface area contributed by atoms with Crippen LogP contribution >= 0.6 is 23.2 Å². The van der Waals surface area contributed by atoms with Crippen molar-refractivity contribution >= 4 is 46.2 Å². The van der Waals surface area contributed by atoms with Crippen LogP contribution in [0.4, 0.5) is 0 Å². The molecule has 0 aliphatic rings. The maximum absolute atomic E-state index is 12.0. The Labute approximate surface area is 167 Å². The van der Waals surface area contributed by atoms with Gasteiger partial charge in [0, 0.05) is 22.5 Å². The molecule has 0 fully saturated rings. The van der Waals surface area contributed by atoms with Gasteiger partial charge in [-0.2, -0.15) is 5.26 Å². The predicted molar refractivity (Wildman–Crippen MR) is 108 cm³/mol. The van der Waals surface area contributed by atoms with Crippen LogP contribution in [0.25, 0.3) is 17.0 Å². The lowest BCUT2D eigenvalue weighted by atomic mass is 10.1. The summed E-state index contributed by atoms with van der Waals surface area (Å²) < 4.78 is 6.88. The van der Waals surface area contributed by atoms with Gasteiger partial charge in [0.25, 0.3) is 0 Å². The second-order valence-electron chi connectivity index (χ2n) is 5.82. The molecule has 0 aliphatic heterocycles. The summed E-state index contributed by atoms with van der Waals surface area (Å²) in [5, 5.41) is 11.3. The minimum absolute atomic E-state index is 0.0897. The van der Waals surface area contributed by atoms with E-state index in [0.29, 0.717) is 22.3 Å². The first kappa shape index (κ1) is 19.0. The molecule has 0 radical (unpaired) electrons. The van der Waals surface area contributed by atoms with Crippen LogP contribution in [0.15, 0.2) is 54.1 Å². The SMILES string of the molecule is CCOC(=O)C(C#N)=Cc1c(Cl)n(Cc2ccc(Cl)cc2)c2ccccc12. The first-order valence-corrected chi connectivity index (χ1v) is 9.10. The van der Waals surface area contributed by atoms with Gasteiger partial charge < -0.3 is 9.30 Å². The van der Waals surface area contributed by atoms with Crippen molar-refractivity contribution in [2.45, 2.75) is 13.5 Å². The molecule has 0 aliphatic carbocycles. The number of benzene rings is 2. The lowest BCUT2D eigenvalue weighted by Gasteiger charge is -2.07. The molecule has 1 heterocycles. The summed E-state index contributed by atoms with van der Waals surface area (Å²) in [4.78, 5) is 12.0. The zero-order valence-corrected chi connectivity index (χ0v) is 16.1. The van der Waals surface area contributed by atoms with Crippen LogP contribution in [0.1, 0.15) is 18.1 Å². The summed E-state index contributed by atoms with van der Waals surface area (Å²) in [6.07, 6.45) is 1.49. The van der Waals surface area contributed by atoms with E-state index in [2.05, 4.69) is 0 Å². The fourth-order valence-electron chi connectivity index (χ4n) is 2.85. The molecule has 0 bridgehead atoms. The molecule has 2 aromatic carbocycles.